The summed E-state index contributed by atoms with van der Waals surface area (Å²) in [6.45, 7) is 3.81. The van der Waals surface area contributed by atoms with E-state index in [0.29, 0.717) is 5.11 Å². The van der Waals surface area contributed by atoms with Crippen molar-refractivity contribution in [3.63, 3.8) is 0 Å². The second kappa shape index (κ2) is 7.90. The van der Waals surface area contributed by atoms with Gasteiger partial charge in [0.1, 0.15) is 5.75 Å². The SMILES string of the molecule is CCCCNC(=S)NCc1cccc(OC)c1. The molecule has 2 N–H and O–H groups in total. The Morgan fingerprint density at radius 2 is 2.18 bits per heavy atom. The molecule has 0 saturated heterocycles. The lowest BCUT2D eigenvalue weighted by Gasteiger charge is -2.10. The van der Waals surface area contributed by atoms with E-state index in [4.69, 9.17) is 17.0 Å². The lowest BCUT2D eigenvalue weighted by atomic mass is 10.2. The van der Waals surface area contributed by atoms with E-state index in [9.17, 15) is 0 Å². The third kappa shape index (κ3) is 5.54. The van der Waals surface area contributed by atoms with Crippen LogP contribution >= 0.6 is 12.2 Å². The summed E-state index contributed by atoms with van der Waals surface area (Å²) in [6.07, 6.45) is 2.31. The molecule has 17 heavy (non-hydrogen) atoms. The summed E-state index contributed by atoms with van der Waals surface area (Å²) < 4.78 is 5.16. The molecule has 1 aromatic rings. The largest absolute Gasteiger partial charge is 0.497 e. The first kappa shape index (κ1) is 13.8. The van der Waals surface area contributed by atoms with Gasteiger partial charge in [-0.2, -0.15) is 0 Å². The minimum Gasteiger partial charge on any atom is -0.497 e. The highest BCUT2D eigenvalue weighted by Crippen LogP contribution is 2.11. The normalized spacial score (nSPS) is 9.76. The van der Waals surface area contributed by atoms with Gasteiger partial charge in [0.15, 0.2) is 5.11 Å². The summed E-state index contributed by atoms with van der Waals surface area (Å²) in [7, 11) is 1.67. The molecule has 1 rings (SSSR count). The molecule has 0 aliphatic carbocycles. The average Bonchev–Trinajstić information content (AvgIpc) is 2.37. The standard InChI is InChI=1S/C13H20N2OS/c1-3-4-8-14-13(17)15-10-11-6-5-7-12(9-11)16-2/h5-7,9H,3-4,8,10H2,1-2H3,(H2,14,15,17). The van der Waals surface area contributed by atoms with Crippen LogP contribution in [0, 0.1) is 0 Å². The summed E-state index contributed by atoms with van der Waals surface area (Å²) in [6, 6.07) is 7.95. The van der Waals surface area contributed by atoms with Crippen molar-refractivity contribution in [2.45, 2.75) is 26.3 Å². The molecule has 0 bridgehead atoms. The summed E-state index contributed by atoms with van der Waals surface area (Å²) >= 11 is 5.17. The van der Waals surface area contributed by atoms with Crippen molar-refractivity contribution in [2.24, 2.45) is 0 Å². The van der Waals surface area contributed by atoms with Crippen LogP contribution in [0.5, 0.6) is 5.75 Å². The van der Waals surface area contributed by atoms with Gasteiger partial charge in [0.05, 0.1) is 7.11 Å². The first-order valence-electron chi connectivity index (χ1n) is 5.91. The van der Waals surface area contributed by atoms with E-state index in [1.165, 1.54) is 6.42 Å². The maximum absolute atomic E-state index is 5.17. The Hall–Kier alpha value is -1.29. The Balaban J connectivity index is 2.31. The first-order chi connectivity index (χ1) is 8.26. The van der Waals surface area contributed by atoms with Crippen LogP contribution < -0.4 is 15.4 Å². The van der Waals surface area contributed by atoms with Crippen LogP contribution in [-0.4, -0.2) is 18.8 Å². The molecular formula is C13H20N2OS. The van der Waals surface area contributed by atoms with Crippen LogP contribution in [0.25, 0.3) is 0 Å². The van der Waals surface area contributed by atoms with Crippen molar-refractivity contribution in [3.8, 4) is 5.75 Å². The predicted octanol–water partition coefficient (Wildman–Crippen LogP) is 2.46. The highest BCUT2D eigenvalue weighted by atomic mass is 32.1. The van der Waals surface area contributed by atoms with E-state index < -0.39 is 0 Å². The van der Waals surface area contributed by atoms with Crippen molar-refractivity contribution in [1.82, 2.24) is 10.6 Å². The lowest BCUT2D eigenvalue weighted by Crippen LogP contribution is -2.35. The number of methoxy groups -OCH3 is 1. The van der Waals surface area contributed by atoms with Gasteiger partial charge in [-0.1, -0.05) is 25.5 Å². The number of hydrogen-bond donors (Lipinski definition) is 2. The fourth-order valence-electron chi connectivity index (χ4n) is 1.41. The topological polar surface area (TPSA) is 33.3 Å². The van der Waals surface area contributed by atoms with Crippen molar-refractivity contribution >= 4 is 17.3 Å². The number of hydrogen-bond acceptors (Lipinski definition) is 2. The molecule has 1 aromatic carbocycles. The summed E-state index contributed by atoms with van der Waals surface area (Å²) in [5.74, 6) is 0.870. The molecule has 0 fully saturated rings. The zero-order chi connectivity index (χ0) is 12.5. The number of thiocarbonyl (C=S) groups is 1. The molecule has 0 heterocycles. The molecule has 0 aromatic heterocycles. The van der Waals surface area contributed by atoms with Crippen molar-refractivity contribution in [2.75, 3.05) is 13.7 Å². The van der Waals surface area contributed by atoms with Gasteiger partial charge in [0.25, 0.3) is 0 Å². The van der Waals surface area contributed by atoms with E-state index in [1.807, 2.05) is 24.3 Å². The molecule has 0 amide bonds. The Kier molecular flexibility index (Phi) is 6.40. The first-order valence-corrected chi connectivity index (χ1v) is 6.31. The fraction of sp³-hybridized carbons (Fsp3) is 0.462. The van der Waals surface area contributed by atoms with E-state index in [0.717, 1.165) is 30.8 Å². The molecular weight excluding hydrogens is 232 g/mol. The number of nitrogens with one attached hydrogen (secondary N) is 2. The third-order valence-electron chi connectivity index (χ3n) is 2.40. The molecule has 3 nitrogen and oxygen atoms in total. The summed E-state index contributed by atoms with van der Waals surface area (Å²) in [4.78, 5) is 0. The Morgan fingerprint density at radius 3 is 2.88 bits per heavy atom. The Morgan fingerprint density at radius 1 is 1.35 bits per heavy atom. The van der Waals surface area contributed by atoms with Crippen molar-refractivity contribution < 1.29 is 4.74 Å². The van der Waals surface area contributed by atoms with Crippen LogP contribution in [-0.2, 0) is 6.54 Å². The van der Waals surface area contributed by atoms with E-state index in [-0.39, 0.29) is 0 Å². The van der Waals surface area contributed by atoms with Gasteiger partial charge in [-0.25, -0.2) is 0 Å². The van der Waals surface area contributed by atoms with Crippen LogP contribution in [0.1, 0.15) is 25.3 Å². The monoisotopic (exact) mass is 252 g/mol. The minimum atomic E-state index is 0.710. The predicted molar refractivity (Wildman–Crippen MR) is 75.3 cm³/mol. The molecule has 0 spiro atoms. The lowest BCUT2D eigenvalue weighted by molar-refractivity contribution is 0.414. The average molecular weight is 252 g/mol. The van der Waals surface area contributed by atoms with Gasteiger partial charge in [0.2, 0.25) is 0 Å². The number of benzene rings is 1. The smallest absolute Gasteiger partial charge is 0.166 e. The van der Waals surface area contributed by atoms with Crippen LogP contribution in [0.2, 0.25) is 0 Å². The maximum Gasteiger partial charge on any atom is 0.166 e. The molecule has 0 saturated carbocycles. The van der Waals surface area contributed by atoms with Crippen molar-refractivity contribution in [3.05, 3.63) is 29.8 Å². The molecule has 94 valence electrons. The molecule has 0 radical (unpaired) electrons. The molecule has 0 aliphatic heterocycles. The van der Waals surface area contributed by atoms with Gasteiger partial charge in [-0.05, 0) is 36.3 Å². The molecule has 0 unspecified atom stereocenters. The second-order valence-corrected chi connectivity index (χ2v) is 4.22. The molecule has 4 heteroatoms. The van der Waals surface area contributed by atoms with Crippen LogP contribution in [0.4, 0.5) is 0 Å². The summed E-state index contributed by atoms with van der Waals surface area (Å²) in [5.41, 5.74) is 1.16. The van der Waals surface area contributed by atoms with E-state index in [2.05, 4.69) is 17.6 Å². The fourth-order valence-corrected chi connectivity index (χ4v) is 1.58. The van der Waals surface area contributed by atoms with E-state index >= 15 is 0 Å². The Bertz CT molecular complexity index is 355. The molecule has 0 atom stereocenters. The van der Waals surface area contributed by atoms with Crippen LogP contribution in [0.3, 0.4) is 0 Å². The zero-order valence-electron chi connectivity index (χ0n) is 10.5. The zero-order valence-corrected chi connectivity index (χ0v) is 11.3. The highest BCUT2D eigenvalue weighted by molar-refractivity contribution is 7.80. The van der Waals surface area contributed by atoms with Gasteiger partial charge in [0, 0.05) is 13.1 Å². The minimum absolute atomic E-state index is 0.710. The van der Waals surface area contributed by atoms with E-state index in [1.54, 1.807) is 7.11 Å². The van der Waals surface area contributed by atoms with Crippen LogP contribution in [0.15, 0.2) is 24.3 Å². The van der Waals surface area contributed by atoms with Gasteiger partial charge in [-0.3, -0.25) is 0 Å². The highest BCUT2D eigenvalue weighted by Gasteiger charge is 1.97. The number of rotatable bonds is 6. The number of unbranched alkanes of at least 4 members (excludes halogenated alkanes) is 1. The van der Waals surface area contributed by atoms with Gasteiger partial charge in [-0.15, -0.1) is 0 Å². The second-order valence-electron chi connectivity index (χ2n) is 3.81. The number of ether oxygens (including phenoxy) is 1. The quantitative estimate of drug-likeness (QED) is 0.602. The van der Waals surface area contributed by atoms with Gasteiger partial charge >= 0.3 is 0 Å². The van der Waals surface area contributed by atoms with Gasteiger partial charge < -0.3 is 15.4 Å². The third-order valence-corrected chi connectivity index (χ3v) is 2.69. The summed E-state index contributed by atoms with van der Waals surface area (Å²) in [5, 5.41) is 7.05. The maximum atomic E-state index is 5.17. The van der Waals surface area contributed by atoms with Crippen molar-refractivity contribution in [1.29, 1.82) is 0 Å². The Labute approximate surface area is 109 Å². The molecule has 0 aliphatic rings.